The highest BCUT2D eigenvalue weighted by atomic mass is 32.1. The summed E-state index contributed by atoms with van der Waals surface area (Å²) in [5, 5.41) is 11.6. The van der Waals surface area contributed by atoms with Crippen LogP contribution in [0.5, 0.6) is 0 Å². The van der Waals surface area contributed by atoms with Crippen molar-refractivity contribution in [3.05, 3.63) is 22.3 Å². The number of thiophene rings is 1. The van der Waals surface area contributed by atoms with Gasteiger partial charge in [-0.3, -0.25) is 14.5 Å². The molecule has 0 atom stereocenters. The van der Waals surface area contributed by atoms with Gasteiger partial charge in [-0.05, 0) is 30.6 Å². The summed E-state index contributed by atoms with van der Waals surface area (Å²) < 4.78 is 2.16. The van der Waals surface area contributed by atoms with Crippen molar-refractivity contribution in [2.24, 2.45) is 0 Å². The van der Waals surface area contributed by atoms with Crippen molar-refractivity contribution in [1.29, 1.82) is 0 Å². The summed E-state index contributed by atoms with van der Waals surface area (Å²) in [5.41, 5.74) is 0. The van der Waals surface area contributed by atoms with E-state index < -0.39 is 0 Å². The van der Waals surface area contributed by atoms with E-state index in [1.807, 2.05) is 24.4 Å². The first kappa shape index (κ1) is 12.0. The highest BCUT2D eigenvalue weighted by Crippen LogP contribution is 2.22. The summed E-state index contributed by atoms with van der Waals surface area (Å²) in [7, 11) is 0. The lowest BCUT2D eigenvalue weighted by Gasteiger charge is -2.05. The van der Waals surface area contributed by atoms with Gasteiger partial charge < -0.3 is 5.32 Å². The van der Waals surface area contributed by atoms with Crippen LogP contribution in [0, 0.1) is 4.77 Å². The second-order valence-corrected chi connectivity index (χ2v) is 4.70. The molecule has 7 heteroatoms. The Morgan fingerprint density at radius 3 is 3.18 bits per heavy atom. The number of H-pyrrole nitrogens is 1. The molecule has 2 rings (SSSR count). The fraction of sp³-hybridized carbons (Fsp3) is 0.300. The third-order valence-electron chi connectivity index (χ3n) is 2.18. The number of likely N-dealkylation sites (N-methyl/N-ethyl adjacent to an activating group) is 1. The minimum atomic E-state index is -0.0668. The Balaban J connectivity index is 2.31. The van der Waals surface area contributed by atoms with Gasteiger partial charge >= 0.3 is 0 Å². The zero-order chi connectivity index (χ0) is 12.3. The maximum atomic E-state index is 11.6. The predicted octanol–water partition coefficient (Wildman–Crippen LogP) is 1.81. The second kappa shape index (κ2) is 5.24. The normalized spacial score (nSPS) is 10.4. The van der Waals surface area contributed by atoms with Crippen molar-refractivity contribution in [3.8, 4) is 10.7 Å². The monoisotopic (exact) mass is 268 g/mol. The van der Waals surface area contributed by atoms with Crippen molar-refractivity contribution >= 4 is 29.5 Å². The molecule has 0 aliphatic heterocycles. The molecule has 0 saturated carbocycles. The molecule has 0 radical (unpaired) electrons. The number of carbonyl (C=O) groups excluding carboxylic acids is 1. The van der Waals surface area contributed by atoms with Crippen molar-refractivity contribution in [2.75, 3.05) is 6.54 Å². The summed E-state index contributed by atoms with van der Waals surface area (Å²) in [4.78, 5) is 12.6. The number of aromatic nitrogens is 3. The smallest absolute Gasteiger partial charge is 0.240 e. The van der Waals surface area contributed by atoms with E-state index in [-0.39, 0.29) is 12.5 Å². The summed E-state index contributed by atoms with van der Waals surface area (Å²) in [6.45, 7) is 2.68. The van der Waals surface area contributed by atoms with Crippen LogP contribution >= 0.6 is 23.6 Å². The molecular formula is C10H12N4OS2. The van der Waals surface area contributed by atoms with Gasteiger partial charge in [-0.25, -0.2) is 0 Å². The molecule has 0 unspecified atom stereocenters. The molecule has 90 valence electrons. The number of nitrogens with zero attached hydrogens (tertiary/aromatic N) is 2. The minimum Gasteiger partial charge on any atom is -0.355 e. The number of rotatable bonds is 4. The minimum absolute atomic E-state index is 0.0668. The fourth-order valence-electron chi connectivity index (χ4n) is 1.45. The topological polar surface area (TPSA) is 62.7 Å². The van der Waals surface area contributed by atoms with Crippen LogP contribution in [0.4, 0.5) is 0 Å². The molecule has 0 fully saturated rings. The Morgan fingerprint density at radius 1 is 1.71 bits per heavy atom. The van der Waals surface area contributed by atoms with Crippen molar-refractivity contribution in [1.82, 2.24) is 20.1 Å². The predicted molar refractivity (Wildman–Crippen MR) is 69.4 cm³/mol. The molecule has 0 bridgehead atoms. The summed E-state index contributed by atoms with van der Waals surface area (Å²) in [5.74, 6) is 0.638. The van der Waals surface area contributed by atoms with Gasteiger partial charge in [-0.15, -0.1) is 11.3 Å². The van der Waals surface area contributed by atoms with Gasteiger partial charge in [0.05, 0.1) is 4.88 Å². The zero-order valence-electron chi connectivity index (χ0n) is 9.27. The largest absolute Gasteiger partial charge is 0.355 e. The molecule has 0 saturated heterocycles. The third kappa shape index (κ3) is 2.62. The van der Waals surface area contributed by atoms with E-state index in [4.69, 9.17) is 12.2 Å². The number of nitrogens with one attached hydrogen (secondary N) is 2. The van der Waals surface area contributed by atoms with Crippen molar-refractivity contribution < 1.29 is 4.79 Å². The molecule has 5 nitrogen and oxygen atoms in total. The van der Waals surface area contributed by atoms with Crippen LogP contribution in [-0.4, -0.2) is 27.2 Å². The summed E-state index contributed by atoms with van der Waals surface area (Å²) in [6.07, 6.45) is 0. The van der Waals surface area contributed by atoms with Gasteiger partial charge in [0.15, 0.2) is 10.6 Å². The summed E-state index contributed by atoms with van der Waals surface area (Å²) in [6, 6.07) is 3.89. The maximum absolute atomic E-state index is 11.6. The fourth-order valence-corrected chi connectivity index (χ4v) is 2.37. The second-order valence-electron chi connectivity index (χ2n) is 3.37. The van der Waals surface area contributed by atoms with Crippen LogP contribution in [0.1, 0.15) is 6.92 Å². The van der Waals surface area contributed by atoms with Crippen molar-refractivity contribution in [3.63, 3.8) is 0 Å². The van der Waals surface area contributed by atoms with Gasteiger partial charge in [0.1, 0.15) is 6.54 Å². The zero-order valence-corrected chi connectivity index (χ0v) is 10.9. The Morgan fingerprint density at radius 2 is 2.53 bits per heavy atom. The highest BCUT2D eigenvalue weighted by molar-refractivity contribution is 7.71. The van der Waals surface area contributed by atoms with Crippen LogP contribution in [0.15, 0.2) is 17.5 Å². The molecule has 0 spiro atoms. The Hall–Kier alpha value is -1.47. The average molecular weight is 268 g/mol. The van der Waals surface area contributed by atoms with E-state index in [0.29, 0.717) is 17.1 Å². The Labute approximate surface area is 107 Å². The van der Waals surface area contributed by atoms with Gasteiger partial charge in [0.25, 0.3) is 0 Å². The van der Waals surface area contributed by atoms with Gasteiger partial charge in [0, 0.05) is 6.54 Å². The number of carbonyl (C=O) groups is 1. The average Bonchev–Trinajstić information content (AvgIpc) is 2.90. The quantitative estimate of drug-likeness (QED) is 0.831. The molecule has 0 aromatic carbocycles. The standard InChI is InChI=1S/C10H12N4OS2/c1-2-11-8(15)6-14-9(12-13-10(14)16)7-4-3-5-17-7/h3-5H,2,6H2,1H3,(H,11,15)(H,13,16). The van der Waals surface area contributed by atoms with Gasteiger partial charge in [-0.2, -0.15) is 5.10 Å². The first-order chi connectivity index (χ1) is 8.22. The number of aromatic amines is 1. The van der Waals surface area contributed by atoms with Crippen LogP contribution in [-0.2, 0) is 11.3 Å². The van der Waals surface area contributed by atoms with Crippen LogP contribution in [0.2, 0.25) is 0 Å². The SMILES string of the molecule is CCNC(=O)Cn1c(-c2cccs2)n[nH]c1=S. The number of hydrogen-bond acceptors (Lipinski definition) is 4. The molecule has 2 heterocycles. The van der Waals surface area contributed by atoms with Crippen LogP contribution in [0.25, 0.3) is 10.7 Å². The molecule has 2 N–H and O–H groups in total. The van der Waals surface area contributed by atoms with E-state index >= 15 is 0 Å². The lowest BCUT2D eigenvalue weighted by Crippen LogP contribution is -2.27. The molecular weight excluding hydrogens is 256 g/mol. The molecule has 2 aromatic heterocycles. The molecule has 17 heavy (non-hydrogen) atoms. The van der Waals surface area contributed by atoms with E-state index in [9.17, 15) is 4.79 Å². The molecule has 0 aliphatic carbocycles. The third-order valence-corrected chi connectivity index (χ3v) is 3.35. The van der Waals surface area contributed by atoms with E-state index in [1.54, 1.807) is 15.9 Å². The molecule has 0 aliphatic rings. The first-order valence-electron chi connectivity index (χ1n) is 5.18. The van der Waals surface area contributed by atoms with E-state index in [2.05, 4.69) is 15.5 Å². The van der Waals surface area contributed by atoms with E-state index in [1.165, 1.54) is 0 Å². The Bertz CT molecular complexity index is 555. The first-order valence-corrected chi connectivity index (χ1v) is 6.47. The highest BCUT2D eigenvalue weighted by Gasteiger charge is 2.12. The molecule has 2 aromatic rings. The maximum Gasteiger partial charge on any atom is 0.240 e. The molecule has 1 amide bonds. The van der Waals surface area contributed by atoms with Crippen LogP contribution < -0.4 is 5.32 Å². The van der Waals surface area contributed by atoms with E-state index in [0.717, 1.165) is 4.88 Å². The van der Waals surface area contributed by atoms with Crippen molar-refractivity contribution in [2.45, 2.75) is 13.5 Å². The number of hydrogen-bond donors (Lipinski definition) is 2. The van der Waals surface area contributed by atoms with Gasteiger partial charge in [0.2, 0.25) is 5.91 Å². The number of amides is 1. The summed E-state index contributed by atoms with van der Waals surface area (Å²) >= 11 is 6.68. The lowest BCUT2D eigenvalue weighted by molar-refractivity contribution is -0.121. The van der Waals surface area contributed by atoms with Gasteiger partial charge in [-0.1, -0.05) is 6.07 Å². The lowest BCUT2D eigenvalue weighted by atomic mass is 10.4. The Kier molecular flexibility index (Phi) is 3.70. The van der Waals surface area contributed by atoms with Crippen LogP contribution in [0.3, 0.4) is 0 Å².